The summed E-state index contributed by atoms with van der Waals surface area (Å²) in [4.78, 5) is 14.4. The Bertz CT molecular complexity index is 1210. The lowest BCUT2D eigenvalue weighted by molar-refractivity contribution is 0.160. The number of hydrogen-bond donors (Lipinski definition) is 1. The van der Waals surface area contributed by atoms with Crippen LogP contribution in [0.25, 0.3) is 0 Å². The molecule has 1 aliphatic heterocycles. The molecule has 2 aromatic carbocycles. The van der Waals surface area contributed by atoms with Crippen LogP contribution in [-0.2, 0) is 16.4 Å². The van der Waals surface area contributed by atoms with E-state index in [1.165, 1.54) is 0 Å². The van der Waals surface area contributed by atoms with E-state index in [1.54, 1.807) is 34.6 Å². The van der Waals surface area contributed by atoms with Crippen molar-refractivity contribution >= 4 is 10.0 Å². The fourth-order valence-corrected chi connectivity index (χ4v) is 5.56. The Hall–Kier alpha value is -2.81. The number of H-pyrrole nitrogens is 1. The molecule has 0 bridgehead atoms. The molecule has 0 saturated carbocycles. The monoisotopic (exact) mass is 438 g/mol. The van der Waals surface area contributed by atoms with Crippen molar-refractivity contribution in [2.24, 2.45) is 0 Å². The quantitative estimate of drug-likeness (QED) is 0.661. The number of aryl methyl sites for hydroxylation is 1. The number of rotatable bonds is 5. The molecule has 0 unspecified atom stereocenters. The molecule has 1 N–H and O–H groups in total. The summed E-state index contributed by atoms with van der Waals surface area (Å²) in [5, 5.41) is 6.37. The molecule has 1 fully saturated rings. The second-order valence-electron chi connectivity index (χ2n) is 7.99. The van der Waals surface area contributed by atoms with Gasteiger partial charge in [-0.1, -0.05) is 42.5 Å². The Labute approximate surface area is 182 Å². The van der Waals surface area contributed by atoms with Gasteiger partial charge in [-0.2, -0.15) is 9.40 Å². The average Bonchev–Trinajstić information content (AvgIpc) is 2.77. The van der Waals surface area contributed by atoms with Crippen LogP contribution >= 0.6 is 0 Å². The summed E-state index contributed by atoms with van der Waals surface area (Å²) in [7, 11) is -1.65. The van der Waals surface area contributed by atoms with Crippen molar-refractivity contribution in [1.29, 1.82) is 0 Å². The van der Waals surface area contributed by atoms with Crippen LogP contribution in [-0.4, -0.2) is 54.5 Å². The molecule has 31 heavy (non-hydrogen) atoms. The van der Waals surface area contributed by atoms with E-state index in [2.05, 4.69) is 15.1 Å². The van der Waals surface area contributed by atoms with Gasteiger partial charge in [-0.15, -0.1) is 0 Å². The third-order valence-electron chi connectivity index (χ3n) is 5.65. The van der Waals surface area contributed by atoms with Crippen molar-refractivity contribution in [3.05, 3.63) is 93.4 Å². The molecule has 4 rings (SSSR count). The maximum atomic E-state index is 13.5. The molecule has 1 saturated heterocycles. The van der Waals surface area contributed by atoms with Gasteiger partial charge in [0.1, 0.15) is 0 Å². The molecular formula is C23H26N4O3S. The Balaban J connectivity index is 1.60. The molecular weight excluding hydrogens is 412 g/mol. The van der Waals surface area contributed by atoms with Gasteiger partial charge in [0.05, 0.1) is 16.6 Å². The fraction of sp³-hybridized carbons (Fsp3) is 0.304. The first-order valence-electron chi connectivity index (χ1n) is 10.2. The van der Waals surface area contributed by atoms with Crippen LogP contribution < -0.4 is 5.56 Å². The summed E-state index contributed by atoms with van der Waals surface area (Å²) in [6.07, 6.45) is 0.417. The minimum Gasteiger partial charge on any atom is -0.303 e. The molecule has 8 heteroatoms. The summed E-state index contributed by atoms with van der Waals surface area (Å²) in [5.41, 5.74) is 2.96. The molecule has 1 aliphatic rings. The van der Waals surface area contributed by atoms with E-state index in [4.69, 9.17) is 0 Å². The second-order valence-corrected chi connectivity index (χ2v) is 9.88. The van der Waals surface area contributed by atoms with Gasteiger partial charge in [0.25, 0.3) is 5.56 Å². The molecule has 0 aliphatic carbocycles. The standard InChI is InChI=1S/C23H26N4O3S/c1-17-14-20(23(28)25-24-17)15-18-8-10-21(11-9-18)31(29,30)27-13-12-26(2)16-22(27)19-6-4-3-5-7-19/h3-11,14,22H,12-13,15-16H2,1-2H3,(H,25,28)/t22-/m1/s1. The number of piperazine rings is 1. The number of likely N-dealkylation sites (N-methyl/N-ethyl adjacent to an activating group) is 1. The number of benzene rings is 2. The molecule has 7 nitrogen and oxygen atoms in total. The zero-order valence-electron chi connectivity index (χ0n) is 17.7. The van der Waals surface area contributed by atoms with Gasteiger partial charge in [0.2, 0.25) is 10.0 Å². The van der Waals surface area contributed by atoms with Crippen molar-refractivity contribution < 1.29 is 8.42 Å². The molecule has 0 radical (unpaired) electrons. The number of hydrogen-bond acceptors (Lipinski definition) is 5. The smallest absolute Gasteiger partial charge is 0.267 e. The van der Waals surface area contributed by atoms with Crippen LogP contribution in [0.15, 0.2) is 70.4 Å². The zero-order chi connectivity index (χ0) is 22.0. The van der Waals surface area contributed by atoms with Gasteiger partial charge < -0.3 is 4.90 Å². The van der Waals surface area contributed by atoms with E-state index in [0.29, 0.717) is 31.6 Å². The zero-order valence-corrected chi connectivity index (χ0v) is 18.5. The third kappa shape index (κ3) is 4.61. The summed E-state index contributed by atoms with van der Waals surface area (Å²) >= 11 is 0. The lowest BCUT2D eigenvalue weighted by Crippen LogP contribution is -2.49. The van der Waals surface area contributed by atoms with Crippen molar-refractivity contribution in [2.45, 2.75) is 24.3 Å². The molecule has 1 atom stereocenters. The minimum atomic E-state index is -3.66. The average molecular weight is 439 g/mol. The third-order valence-corrected chi connectivity index (χ3v) is 7.57. The number of nitrogens with one attached hydrogen (secondary N) is 1. The number of sulfonamides is 1. The van der Waals surface area contributed by atoms with Gasteiger partial charge in [-0.3, -0.25) is 4.79 Å². The highest BCUT2D eigenvalue weighted by Crippen LogP contribution is 2.31. The molecule has 2 heterocycles. The number of nitrogens with zero attached hydrogens (tertiary/aromatic N) is 3. The predicted molar refractivity (Wildman–Crippen MR) is 119 cm³/mol. The summed E-state index contributed by atoms with van der Waals surface area (Å²) in [6, 6.07) is 18.1. The lowest BCUT2D eigenvalue weighted by Gasteiger charge is -2.39. The van der Waals surface area contributed by atoms with Crippen LogP contribution in [0, 0.1) is 6.92 Å². The highest BCUT2D eigenvalue weighted by Gasteiger charge is 2.36. The summed E-state index contributed by atoms with van der Waals surface area (Å²) in [5.74, 6) is 0. The Morgan fingerprint density at radius 2 is 1.77 bits per heavy atom. The molecule has 0 amide bonds. The van der Waals surface area contributed by atoms with Crippen LogP contribution in [0.5, 0.6) is 0 Å². The number of aromatic nitrogens is 2. The minimum absolute atomic E-state index is 0.231. The van der Waals surface area contributed by atoms with E-state index in [9.17, 15) is 13.2 Å². The van der Waals surface area contributed by atoms with Crippen LogP contribution in [0.3, 0.4) is 0 Å². The van der Waals surface area contributed by atoms with Gasteiger partial charge in [0.15, 0.2) is 0 Å². The van der Waals surface area contributed by atoms with Gasteiger partial charge in [-0.25, -0.2) is 13.5 Å². The van der Waals surface area contributed by atoms with E-state index in [1.807, 2.05) is 44.3 Å². The topological polar surface area (TPSA) is 86.4 Å². The van der Waals surface area contributed by atoms with Crippen LogP contribution in [0.1, 0.15) is 28.4 Å². The SMILES string of the molecule is Cc1cc(Cc2ccc(S(=O)(=O)N3CCN(C)C[C@@H]3c3ccccc3)cc2)c(=O)[nH]n1. The molecule has 1 aromatic heterocycles. The highest BCUT2D eigenvalue weighted by atomic mass is 32.2. The summed E-state index contributed by atoms with van der Waals surface area (Å²) < 4.78 is 28.6. The predicted octanol–water partition coefficient (Wildman–Crippen LogP) is 2.35. The Morgan fingerprint density at radius 3 is 2.48 bits per heavy atom. The molecule has 162 valence electrons. The highest BCUT2D eigenvalue weighted by molar-refractivity contribution is 7.89. The first kappa shape index (κ1) is 21.4. The van der Waals surface area contributed by atoms with Gasteiger partial charge in [0, 0.05) is 31.6 Å². The maximum absolute atomic E-state index is 13.5. The van der Waals surface area contributed by atoms with Crippen LogP contribution in [0.2, 0.25) is 0 Å². The van der Waals surface area contributed by atoms with Crippen LogP contribution in [0.4, 0.5) is 0 Å². The van der Waals surface area contributed by atoms with Gasteiger partial charge >= 0.3 is 0 Å². The van der Waals surface area contributed by atoms with Gasteiger partial charge in [-0.05, 0) is 43.3 Å². The maximum Gasteiger partial charge on any atom is 0.267 e. The Morgan fingerprint density at radius 1 is 1.06 bits per heavy atom. The molecule has 0 spiro atoms. The lowest BCUT2D eigenvalue weighted by atomic mass is 10.1. The largest absolute Gasteiger partial charge is 0.303 e. The summed E-state index contributed by atoms with van der Waals surface area (Å²) in [6.45, 7) is 3.58. The Kier molecular flexibility index (Phi) is 6.04. The normalized spacial score (nSPS) is 18.2. The van der Waals surface area contributed by atoms with Crippen molar-refractivity contribution in [2.75, 3.05) is 26.7 Å². The van der Waals surface area contributed by atoms with Crippen molar-refractivity contribution in [3.8, 4) is 0 Å². The van der Waals surface area contributed by atoms with E-state index in [0.717, 1.165) is 16.8 Å². The first-order valence-corrected chi connectivity index (χ1v) is 11.7. The van der Waals surface area contributed by atoms with Crippen molar-refractivity contribution in [3.63, 3.8) is 0 Å². The first-order chi connectivity index (χ1) is 14.8. The van der Waals surface area contributed by atoms with Crippen molar-refractivity contribution in [1.82, 2.24) is 19.4 Å². The van der Waals surface area contributed by atoms with E-state index in [-0.39, 0.29) is 16.5 Å². The van der Waals surface area contributed by atoms with E-state index >= 15 is 0 Å². The fourth-order valence-electron chi connectivity index (χ4n) is 3.96. The second kappa shape index (κ2) is 8.74. The molecule has 3 aromatic rings. The number of aromatic amines is 1. The van der Waals surface area contributed by atoms with E-state index < -0.39 is 10.0 Å².